The Hall–Kier alpha value is -2.14. The first-order chi connectivity index (χ1) is 10.6. The minimum atomic E-state index is -0.833. The summed E-state index contributed by atoms with van der Waals surface area (Å²) >= 11 is 1.55. The molecule has 1 aromatic carbocycles. The molecule has 0 radical (unpaired) electrons. The Kier molecular flexibility index (Phi) is 4.24. The maximum absolute atomic E-state index is 12.4. The van der Waals surface area contributed by atoms with E-state index in [1.54, 1.807) is 16.2 Å². The molecular weight excluding hydrogens is 298 g/mol. The Bertz CT molecular complexity index is 654. The van der Waals surface area contributed by atoms with Crippen molar-refractivity contribution in [2.24, 2.45) is 5.92 Å². The van der Waals surface area contributed by atoms with Gasteiger partial charge >= 0.3 is 5.97 Å². The highest BCUT2D eigenvalue weighted by Crippen LogP contribution is 2.33. The van der Waals surface area contributed by atoms with Gasteiger partial charge in [0.25, 0.3) is 0 Å². The van der Waals surface area contributed by atoms with Crippen molar-refractivity contribution in [3.8, 4) is 0 Å². The number of benzene rings is 1. The SMILES string of the molecule is O=C(O)C1CN(C(=O)Cc2cccs2)CC1c1ccccc1. The van der Waals surface area contributed by atoms with Crippen LogP contribution in [0, 0.1) is 5.92 Å². The van der Waals surface area contributed by atoms with Crippen LogP contribution < -0.4 is 0 Å². The van der Waals surface area contributed by atoms with Gasteiger partial charge in [-0.25, -0.2) is 0 Å². The van der Waals surface area contributed by atoms with E-state index in [4.69, 9.17) is 0 Å². The van der Waals surface area contributed by atoms with E-state index in [0.717, 1.165) is 10.4 Å². The van der Waals surface area contributed by atoms with Crippen molar-refractivity contribution >= 4 is 23.2 Å². The van der Waals surface area contributed by atoms with Gasteiger partial charge in [-0.15, -0.1) is 11.3 Å². The van der Waals surface area contributed by atoms with Gasteiger partial charge in [0.05, 0.1) is 12.3 Å². The normalized spacial score (nSPS) is 21.0. The molecule has 4 nitrogen and oxygen atoms in total. The predicted octanol–water partition coefficient (Wildman–Crippen LogP) is 2.62. The van der Waals surface area contributed by atoms with Gasteiger partial charge in [-0.3, -0.25) is 9.59 Å². The number of hydrogen-bond donors (Lipinski definition) is 1. The van der Waals surface area contributed by atoms with Crippen LogP contribution in [0.25, 0.3) is 0 Å². The zero-order chi connectivity index (χ0) is 15.5. The van der Waals surface area contributed by atoms with Crippen LogP contribution in [0.15, 0.2) is 47.8 Å². The van der Waals surface area contributed by atoms with Gasteiger partial charge in [-0.2, -0.15) is 0 Å². The average Bonchev–Trinajstić information content (AvgIpc) is 3.17. The number of amides is 1. The molecule has 0 spiro atoms. The largest absolute Gasteiger partial charge is 0.481 e. The summed E-state index contributed by atoms with van der Waals surface area (Å²) in [5.41, 5.74) is 0.987. The number of rotatable bonds is 4. The number of carboxylic acids is 1. The molecule has 0 bridgehead atoms. The highest BCUT2D eigenvalue weighted by molar-refractivity contribution is 7.10. The lowest BCUT2D eigenvalue weighted by molar-refractivity contribution is -0.141. The van der Waals surface area contributed by atoms with E-state index < -0.39 is 11.9 Å². The highest BCUT2D eigenvalue weighted by atomic mass is 32.1. The zero-order valence-electron chi connectivity index (χ0n) is 12.0. The second kappa shape index (κ2) is 6.32. The van der Waals surface area contributed by atoms with E-state index in [0.29, 0.717) is 19.5 Å². The second-order valence-electron chi connectivity index (χ2n) is 5.52. The van der Waals surface area contributed by atoms with Crippen LogP contribution in [0.4, 0.5) is 0 Å². The maximum atomic E-state index is 12.4. The summed E-state index contributed by atoms with van der Waals surface area (Å²) < 4.78 is 0. The van der Waals surface area contributed by atoms with Crippen LogP contribution >= 0.6 is 11.3 Å². The van der Waals surface area contributed by atoms with Crippen LogP contribution in [-0.2, 0) is 16.0 Å². The summed E-state index contributed by atoms with van der Waals surface area (Å²) in [5, 5.41) is 11.4. The van der Waals surface area contributed by atoms with Gasteiger partial charge in [-0.1, -0.05) is 36.4 Å². The lowest BCUT2D eigenvalue weighted by Crippen LogP contribution is -2.31. The third-order valence-electron chi connectivity index (χ3n) is 4.12. The van der Waals surface area contributed by atoms with Crippen LogP contribution in [0.3, 0.4) is 0 Å². The molecule has 3 rings (SSSR count). The number of thiophene rings is 1. The monoisotopic (exact) mass is 315 g/mol. The quantitative estimate of drug-likeness (QED) is 0.943. The standard InChI is InChI=1S/C17H17NO3S/c19-16(9-13-7-4-8-22-13)18-10-14(15(11-18)17(20)21)12-5-2-1-3-6-12/h1-8,14-15H,9-11H2,(H,20,21). The molecule has 2 heterocycles. The first-order valence-electron chi connectivity index (χ1n) is 7.23. The summed E-state index contributed by atoms with van der Waals surface area (Å²) in [5.74, 6) is -1.49. The summed E-state index contributed by atoms with van der Waals surface area (Å²) in [7, 11) is 0. The highest BCUT2D eigenvalue weighted by Gasteiger charge is 2.40. The molecule has 114 valence electrons. The number of likely N-dealkylation sites (tertiary alicyclic amines) is 1. The first kappa shape index (κ1) is 14.8. The van der Waals surface area contributed by atoms with Gasteiger partial charge in [0, 0.05) is 23.9 Å². The molecule has 1 N–H and O–H groups in total. The Labute approximate surface area is 133 Å². The van der Waals surface area contributed by atoms with Crippen LogP contribution in [-0.4, -0.2) is 35.0 Å². The Morgan fingerprint density at radius 2 is 1.91 bits per heavy atom. The van der Waals surface area contributed by atoms with E-state index in [2.05, 4.69) is 0 Å². The Morgan fingerprint density at radius 1 is 1.14 bits per heavy atom. The maximum Gasteiger partial charge on any atom is 0.308 e. The molecule has 1 amide bonds. The van der Waals surface area contributed by atoms with Crippen LogP contribution in [0.1, 0.15) is 16.4 Å². The molecule has 2 atom stereocenters. The van der Waals surface area contributed by atoms with Gasteiger partial charge in [0.2, 0.25) is 5.91 Å². The number of hydrogen-bond acceptors (Lipinski definition) is 3. The van der Waals surface area contributed by atoms with Crippen molar-refractivity contribution in [3.63, 3.8) is 0 Å². The molecule has 1 aliphatic rings. The van der Waals surface area contributed by atoms with Crippen molar-refractivity contribution in [2.45, 2.75) is 12.3 Å². The van der Waals surface area contributed by atoms with Gasteiger partial charge in [0.1, 0.15) is 0 Å². The van der Waals surface area contributed by atoms with Crippen LogP contribution in [0.5, 0.6) is 0 Å². The van der Waals surface area contributed by atoms with E-state index in [-0.39, 0.29) is 11.8 Å². The number of carbonyl (C=O) groups excluding carboxylic acids is 1. The smallest absolute Gasteiger partial charge is 0.308 e. The van der Waals surface area contributed by atoms with Crippen LogP contribution in [0.2, 0.25) is 0 Å². The molecule has 22 heavy (non-hydrogen) atoms. The summed E-state index contributed by atoms with van der Waals surface area (Å²) in [6.45, 7) is 0.768. The summed E-state index contributed by atoms with van der Waals surface area (Å²) in [6.07, 6.45) is 0.353. The number of nitrogens with zero attached hydrogens (tertiary/aromatic N) is 1. The third kappa shape index (κ3) is 3.04. The van der Waals surface area contributed by atoms with Gasteiger partial charge in [0.15, 0.2) is 0 Å². The number of carbonyl (C=O) groups is 2. The lowest BCUT2D eigenvalue weighted by Gasteiger charge is -2.16. The summed E-state index contributed by atoms with van der Waals surface area (Å²) in [4.78, 5) is 26.6. The third-order valence-corrected chi connectivity index (χ3v) is 5.00. The molecule has 1 aromatic heterocycles. The average molecular weight is 315 g/mol. The first-order valence-corrected chi connectivity index (χ1v) is 8.11. The molecule has 0 saturated carbocycles. The van der Waals surface area contributed by atoms with E-state index in [1.807, 2.05) is 47.8 Å². The van der Waals surface area contributed by atoms with E-state index in [1.165, 1.54) is 0 Å². The minimum Gasteiger partial charge on any atom is -0.481 e. The summed E-state index contributed by atoms with van der Waals surface area (Å²) in [6, 6.07) is 13.5. The predicted molar refractivity (Wildman–Crippen MR) is 84.9 cm³/mol. The van der Waals surface area contributed by atoms with E-state index in [9.17, 15) is 14.7 Å². The molecule has 5 heteroatoms. The fraction of sp³-hybridized carbons (Fsp3) is 0.294. The van der Waals surface area contributed by atoms with E-state index >= 15 is 0 Å². The molecule has 2 unspecified atom stereocenters. The van der Waals surface area contributed by atoms with Crippen molar-refractivity contribution in [2.75, 3.05) is 13.1 Å². The van der Waals surface area contributed by atoms with Crippen molar-refractivity contribution < 1.29 is 14.7 Å². The zero-order valence-corrected chi connectivity index (χ0v) is 12.8. The topological polar surface area (TPSA) is 57.6 Å². The Morgan fingerprint density at radius 3 is 2.55 bits per heavy atom. The minimum absolute atomic E-state index is 0.00660. The Balaban J connectivity index is 1.75. The molecule has 1 saturated heterocycles. The molecular formula is C17H17NO3S. The van der Waals surface area contributed by atoms with Crippen molar-refractivity contribution in [3.05, 3.63) is 58.3 Å². The second-order valence-corrected chi connectivity index (χ2v) is 6.55. The van der Waals surface area contributed by atoms with Crippen molar-refractivity contribution in [1.82, 2.24) is 4.90 Å². The fourth-order valence-electron chi connectivity index (χ4n) is 2.97. The molecule has 2 aromatic rings. The fourth-order valence-corrected chi connectivity index (χ4v) is 3.67. The number of carboxylic acid groups (broad SMARTS) is 1. The lowest BCUT2D eigenvalue weighted by atomic mass is 9.89. The van der Waals surface area contributed by atoms with Gasteiger partial charge < -0.3 is 10.0 Å². The molecule has 1 fully saturated rings. The molecule has 1 aliphatic heterocycles. The van der Waals surface area contributed by atoms with Gasteiger partial charge in [-0.05, 0) is 17.0 Å². The van der Waals surface area contributed by atoms with Crippen molar-refractivity contribution in [1.29, 1.82) is 0 Å². The number of aliphatic carboxylic acids is 1. The molecule has 0 aliphatic carbocycles.